The van der Waals surface area contributed by atoms with Gasteiger partial charge in [0.2, 0.25) is 5.91 Å². The fourth-order valence-electron chi connectivity index (χ4n) is 4.02. The van der Waals surface area contributed by atoms with Gasteiger partial charge in [0.1, 0.15) is 11.6 Å². The van der Waals surface area contributed by atoms with Gasteiger partial charge in [-0.05, 0) is 54.0 Å². The molecule has 4 nitrogen and oxygen atoms in total. The molecule has 2 unspecified atom stereocenters. The average molecular weight is 376 g/mol. The van der Waals surface area contributed by atoms with Crippen LogP contribution >= 0.6 is 0 Å². The Balaban J connectivity index is 1.46. The molecule has 0 N–H and O–H groups in total. The summed E-state index contributed by atoms with van der Waals surface area (Å²) in [6, 6.07) is 3.46. The molecule has 4 rings (SSSR count). The Morgan fingerprint density at radius 2 is 1.81 bits per heavy atom. The van der Waals surface area contributed by atoms with Gasteiger partial charge in [-0.15, -0.1) is 0 Å². The van der Waals surface area contributed by atoms with Gasteiger partial charge in [0.15, 0.2) is 5.82 Å². The number of fused-ring (bicyclic) bond motifs is 1. The first-order chi connectivity index (χ1) is 12.8. The van der Waals surface area contributed by atoms with Crippen LogP contribution in [0.1, 0.15) is 41.1 Å². The average Bonchev–Trinajstić information content (AvgIpc) is 3.23. The second-order valence-electron chi connectivity index (χ2n) is 7.49. The van der Waals surface area contributed by atoms with Crippen LogP contribution in [0.2, 0.25) is 0 Å². The maximum Gasteiger partial charge on any atom is 0.286 e. The first-order valence-electron chi connectivity index (χ1n) is 8.87. The largest absolute Gasteiger partial charge is 0.332 e. The van der Waals surface area contributed by atoms with Crippen molar-refractivity contribution in [1.82, 2.24) is 9.47 Å². The zero-order valence-electron chi connectivity index (χ0n) is 15.1. The van der Waals surface area contributed by atoms with Gasteiger partial charge in [0.05, 0.1) is 6.54 Å². The Morgan fingerprint density at radius 1 is 1.15 bits per heavy atom. The van der Waals surface area contributed by atoms with Crippen LogP contribution in [0.25, 0.3) is 0 Å². The summed E-state index contributed by atoms with van der Waals surface area (Å²) in [5, 5.41) is 0. The molecule has 1 aromatic carbocycles. The van der Waals surface area contributed by atoms with Gasteiger partial charge in [-0.1, -0.05) is 0 Å². The Bertz CT molecular complexity index is 995. The van der Waals surface area contributed by atoms with Gasteiger partial charge in [-0.3, -0.25) is 9.59 Å². The molecule has 2 heterocycles. The number of amides is 1. The number of pyridine rings is 1. The molecule has 2 aliphatic rings. The molecule has 1 amide bonds. The van der Waals surface area contributed by atoms with Gasteiger partial charge < -0.3 is 9.47 Å². The van der Waals surface area contributed by atoms with E-state index in [1.807, 2.05) is 0 Å². The van der Waals surface area contributed by atoms with Crippen LogP contribution in [-0.4, -0.2) is 15.4 Å². The summed E-state index contributed by atoms with van der Waals surface area (Å²) in [5.41, 5.74) is 1.53. The van der Waals surface area contributed by atoms with Crippen molar-refractivity contribution in [2.45, 2.75) is 38.8 Å². The standard InChI is InChI=1S/C20H19F3N2O2/c1-10-16-8-25(9-17(16)24(2)20(27)19(10)23)18(26)6-12-5-15(12)11-3-13(21)7-14(22)4-11/h3-4,7,12,15H,5-6,8-9H2,1-2H3. The van der Waals surface area contributed by atoms with Crippen molar-refractivity contribution in [2.24, 2.45) is 13.0 Å². The zero-order valence-corrected chi connectivity index (χ0v) is 15.1. The van der Waals surface area contributed by atoms with Crippen molar-refractivity contribution in [3.05, 3.63) is 68.4 Å². The van der Waals surface area contributed by atoms with Crippen LogP contribution in [0.4, 0.5) is 13.2 Å². The van der Waals surface area contributed by atoms with Crippen molar-refractivity contribution in [3.63, 3.8) is 0 Å². The van der Waals surface area contributed by atoms with Gasteiger partial charge in [0.25, 0.3) is 5.56 Å². The second-order valence-corrected chi connectivity index (χ2v) is 7.49. The lowest BCUT2D eigenvalue weighted by Gasteiger charge is -2.15. The number of rotatable bonds is 3. The number of carbonyl (C=O) groups excluding carboxylic acids is 1. The van der Waals surface area contributed by atoms with Gasteiger partial charge in [-0.2, -0.15) is 0 Å². The van der Waals surface area contributed by atoms with Crippen molar-refractivity contribution >= 4 is 5.91 Å². The van der Waals surface area contributed by atoms with Crippen LogP contribution < -0.4 is 5.56 Å². The van der Waals surface area contributed by atoms with Crippen LogP contribution in [0, 0.1) is 30.3 Å². The number of benzene rings is 1. The van der Waals surface area contributed by atoms with Gasteiger partial charge >= 0.3 is 0 Å². The monoisotopic (exact) mass is 376 g/mol. The summed E-state index contributed by atoms with van der Waals surface area (Å²) < 4.78 is 42.0. The highest BCUT2D eigenvalue weighted by Gasteiger charge is 2.41. The summed E-state index contributed by atoms with van der Waals surface area (Å²) in [6.07, 6.45) is 0.980. The van der Waals surface area contributed by atoms with Crippen LogP contribution in [0.15, 0.2) is 23.0 Å². The third-order valence-corrected chi connectivity index (χ3v) is 5.74. The molecule has 0 radical (unpaired) electrons. The van der Waals surface area contributed by atoms with E-state index in [9.17, 15) is 22.8 Å². The Morgan fingerprint density at radius 3 is 2.48 bits per heavy atom. The number of hydrogen-bond acceptors (Lipinski definition) is 2. The molecule has 2 aromatic rings. The minimum absolute atomic E-state index is 0.0207. The maximum atomic E-state index is 14.0. The minimum atomic E-state index is -0.777. The normalized spacial score (nSPS) is 20.7. The summed E-state index contributed by atoms with van der Waals surface area (Å²) in [7, 11) is 1.51. The zero-order chi connectivity index (χ0) is 19.5. The molecular weight excluding hydrogens is 357 g/mol. The molecule has 1 aliphatic carbocycles. The number of carbonyl (C=O) groups is 1. The number of nitrogens with zero attached hydrogens (tertiary/aromatic N) is 2. The Labute approximate surface area is 154 Å². The Hall–Kier alpha value is -2.57. The molecule has 0 saturated heterocycles. The van der Waals surface area contributed by atoms with E-state index in [2.05, 4.69) is 0 Å². The molecule has 1 fully saturated rings. The van der Waals surface area contributed by atoms with E-state index in [1.165, 1.54) is 23.7 Å². The third kappa shape index (κ3) is 3.05. The van der Waals surface area contributed by atoms with E-state index >= 15 is 0 Å². The van der Waals surface area contributed by atoms with E-state index in [4.69, 9.17) is 0 Å². The number of halogens is 3. The summed E-state index contributed by atoms with van der Waals surface area (Å²) in [6.45, 7) is 2.10. The predicted molar refractivity (Wildman–Crippen MR) is 92.5 cm³/mol. The molecule has 1 aromatic heterocycles. The lowest BCUT2D eigenvalue weighted by atomic mass is 10.1. The summed E-state index contributed by atoms with van der Waals surface area (Å²) >= 11 is 0. The minimum Gasteiger partial charge on any atom is -0.332 e. The van der Waals surface area contributed by atoms with Crippen molar-refractivity contribution in [3.8, 4) is 0 Å². The van der Waals surface area contributed by atoms with E-state index < -0.39 is 23.0 Å². The fraction of sp³-hybridized carbons (Fsp3) is 0.400. The summed E-state index contributed by atoms with van der Waals surface area (Å²) in [5.74, 6) is -2.08. The molecule has 1 aliphatic heterocycles. The van der Waals surface area contributed by atoms with E-state index in [0.29, 0.717) is 28.8 Å². The highest BCUT2D eigenvalue weighted by molar-refractivity contribution is 5.77. The molecule has 7 heteroatoms. The highest BCUT2D eigenvalue weighted by atomic mass is 19.1. The molecule has 1 saturated carbocycles. The van der Waals surface area contributed by atoms with Crippen LogP contribution in [0.5, 0.6) is 0 Å². The van der Waals surface area contributed by atoms with Crippen molar-refractivity contribution in [2.75, 3.05) is 0 Å². The molecule has 142 valence electrons. The van der Waals surface area contributed by atoms with Crippen molar-refractivity contribution in [1.29, 1.82) is 0 Å². The highest BCUT2D eigenvalue weighted by Crippen LogP contribution is 2.50. The SMILES string of the molecule is Cc1c2c(n(C)c(=O)c1F)CN(C(=O)CC1CC1c1cc(F)cc(F)c1)C2. The molecular formula is C20H19F3N2O2. The van der Waals surface area contributed by atoms with Crippen molar-refractivity contribution < 1.29 is 18.0 Å². The van der Waals surface area contributed by atoms with Crippen LogP contribution in [-0.2, 0) is 24.9 Å². The second kappa shape index (κ2) is 6.25. The van der Waals surface area contributed by atoms with E-state index in [-0.39, 0.29) is 37.3 Å². The topological polar surface area (TPSA) is 42.3 Å². The first-order valence-corrected chi connectivity index (χ1v) is 8.87. The molecule has 0 spiro atoms. The van der Waals surface area contributed by atoms with E-state index in [0.717, 1.165) is 6.07 Å². The summed E-state index contributed by atoms with van der Waals surface area (Å²) in [4.78, 5) is 26.2. The number of hydrogen-bond donors (Lipinski definition) is 0. The van der Waals surface area contributed by atoms with Crippen LogP contribution in [0.3, 0.4) is 0 Å². The number of aromatic nitrogens is 1. The fourth-order valence-corrected chi connectivity index (χ4v) is 4.02. The van der Waals surface area contributed by atoms with Gasteiger partial charge in [-0.25, -0.2) is 13.2 Å². The van der Waals surface area contributed by atoms with E-state index in [1.54, 1.807) is 11.8 Å². The molecule has 27 heavy (non-hydrogen) atoms. The lowest BCUT2D eigenvalue weighted by molar-refractivity contribution is -0.132. The molecule has 2 atom stereocenters. The first kappa shape index (κ1) is 17.8. The third-order valence-electron chi connectivity index (χ3n) is 5.74. The maximum absolute atomic E-state index is 14.0. The Kier molecular flexibility index (Phi) is 4.13. The quantitative estimate of drug-likeness (QED) is 0.826. The molecule has 0 bridgehead atoms. The predicted octanol–water partition coefficient (Wildman–Crippen LogP) is 3.15. The lowest BCUT2D eigenvalue weighted by Crippen LogP contribution is -2.27. The smallest absolute Gasteiger partial charge is 0.286 e. The van der Waals surface area contributed by atoms with Gasteiger partial charge in [0, 0.05) is 31.8 Å².